The summed E-state index contributed by atoms with van der Waals surface area (Å²) in [6.45, 7) is -6.17. The Morgan fingerprint density at radius 2 is 1.26 bits per heavy atom. The van der Waals surface area contributed by atoms with Crippen LogP contribution in [0.1, 0.15) is 0 Å². The van der Waals surface area contributed by atoms with E-state index in [2.05, 4.69) is 4.74 Å². The van der Waals surface area contributed by atoms with Crippen LogP contribution in [0.15, 0.2) is 54.6 Å². The van der Waals surface area contributed by atoms with E-state index in [-0.39, 0.29) is 5.75 Å². The van der Waals surface area contributed by atoms with E-state index in [4.69, 9.17) is 4.74 Å². The molecule has 2 aromatic carbocycles. The Bertz CT molecular complexity index is 512. The Balaban J connectivity index is 1.95. The molecule has 0 aliphatic rings. The molecule has 0 aliphatic carbocycles. The summed E-state index contributed by atoms with van der Waals surface area (Å²) >= 11 is 0. The van der Waals surface area contributed by atoms with Crippen molar-refractivity contribution >= 4 is 6.98 Å². The first kappa shape index (κ1) is 13.3. The fourth-order valence-corrected chi connectivity index (χ4v) is 1.42. The van der Waals surface area contributed by atoms with Crippen molar-refractivity contribution in [1.82, 2.24) is 0 Å². The SMILES string of the molecule is F[B-](F)(F)COc1ccc(Oc2ccccc2)cc1. The fourth-order valence-electron chi connectivity index (χ4n) is 1.42. The summed E-state index contributed by atoms with van der Waals surface area (Å²) < 4.78 is 46.2. The van der Waals surface area contributed by atoms with Gasteiger partial charge >= 0.3 is 6.98 Å². The summed E-state index contributed by atoms with van der Waals surface area (Å²) in [6, 6.07) is 15.1. The lowest BCUT2D eigenvalue weighted by Gasteiger charge is -2.15. The molecule has 0 saturated carbocycles. The van der Waals surface area contributed by atoms with Crippen molar-refractivity contribution in [2.45, 2.75) is 0 Å². The topological polar surface area (TPSA) is 18.5 Å². The second kappa shape index (κ2) is 5.69. The van der Waals surface area contributed by atoms with Crippen LogP contribution in [0.4, 0.5) is 12.9 Å². The van der Waals surface area contributed by atoms with Crippen LogP contribution in [0.2, 0.25) is 0 Å². The van der Waals surface area contributed by atoms with Gasteiger partial charge in [-0.15, -0.1) is 0 Å². The normalized spacial score (nSPS) is 11.1. The molecule has 0 aliphatic heterocycles. The first-order chi connectivity index (χ1) is 9.03. The van der Waals surface area contributed by atoms with Crippen LogP contribution in [0.3, 0.4) is 0 Å². The Hall–Kier alpha value is -2.11. The minimum atomic E-state index is -4.93. The molecule has 19 heavy (non-hydrogen) atoms. The third-order valence-corrected chi connectivity index (χ3v) is 2.24. The molecule has 6 heteroatoms. The molecule has 0 heterocycles. The average Bonchev–Trinajstić information content (AvgIpc) is 2.38. The van der Waals surface area contributed by atoms with E-state index in [1.165, 1.54) is 12.1 Å². The van der Waals surface area contributed by atoms with Gasteiger partial charge in [0.1, 0.15) is 17.2 Å². The van der Waals surface area contributed by atoms with Crippen LogP contribution in [-0.2, 0) is 0 Å². The molecule has 100 valence electrons. The number of ether oxygens (including phenoxy) is 2. The first-order valence-electron chi connectivity index (χ1n) is 5.70. The molecule has 0 unspecified atom stereocenters. The van der Waals surface area contributed by atoms with Crippen molar-refractivity contribution in [3.63, 3.8) is 0 Å². The molecule has 0 amide bonds. The maximum atomic E-state index is 12.0. The third-order valence-electron chi connectivity index (χ3n) is 2.24. The summed E-state index contributed by atoms with van der Waals surface area (Å²) in [5.74, 6) is 1.37. The second-order valence-electron chi connectivity index (χ2n) is 3.91. The average molecular weight is 267 g/mol. The molecule has 2 nitrogen and oxygen atoms in total. The van der Waals surface area contributed by atoms with Gasteiger partial charge in [-0.3, -0.25) is 0 Å². The van der Waals surface area contributed by atoms with Gasteiger partial charge in [-0.2, -0.15) is 0 Å². The number of rotatable bonds is 5. The summed E-state index contributed by atoms with van der Waals surface area (Å²) in [5.41, 5.74) is 0. The van der Waals surface area contributed by atoms with Crippen molar-refractivity contribution in [1.29, 1.82) is 0 Å². The highest BCUT2D eigenvalue weighted by molar-refractivity contribution is 6.58. The fraction of sp³-hybridized carbons (Fsp3) is 0.0769. The van der Waals surface area contributed by atoms with Gasteiger partial charge < -0.3 is 22.4 Å². The summed E-state index contributed by atoms with van der Waals surface area (Å²) in [7, 11) is 0. The monoisotopic (exact) mass is 267 g/mol. The zero-order valence-electron chi connectivity index (χ0n) is 9.93. The summed E-state index contributed by atoms with van der Waals surface area (Å²) in [4.78, 5) is 0. The number of para-hydroxylation sites is 1. The molecule has 0 aromatic heterocycles. The van der Waals surface area contributed by atoms with Gasteiger partial charge in [0.05, 0.1) is 6.51 Å². The Morgan fingerprint density at radius 3 is 1.84 bits per heavy atom. The molecule has 0 atom stereocenters. The van der Waals surface area contributed by atoms with Gasteiger partial charge in [0.15, 0.2) is 0 Å². The molecule has 2 aromatic rings. The Morgan fingerprint density at radius 1 is 0.737 bits per heavy atom. The van der Waals surface area contributed by atoms with Crippen LogP contribution < -0.4 is 9.47 Å². The molecule has 0 bridgehead atoms. The van der Waals surface area contributed by atoms with E-state index in [0.29, 0.717) is 11.5 Å². The van der Waals surface area contributed by atoms with Gasteiger partial charge in [-0.05, 0) is 36.4 Å². The van der Waals surface area contributed by atoms with E-state index in [1.807, 2.05) is 18.2 Å². The molecule has 0 spiro atoms. The molecule has 0 radical (unpaired) electrons. The van der Waals surface area contributed by atoms with Gasteiger partial charge in [0.25, 0.3) is 0 Å². The predicted molar refractivity (Wildman–Crippen MR) is 67.5 cm³/mol. The van der Waals surface area contributed by atoms with E-state index >= 15 is 0 Å². The minimum absolute atomic E-state index is 0.166. The summed E-state index contributed by atoms with van der Waals surface area (Å²) in [6.07, 6.45) is 0. The van der Waals surface area contributed by atoms with Crippen LogP contribution in [0, 0.1) is 0 Å². The van der Waals surface area contributed by atoms with Crippen LogP contribution in [-0.4, -0.2) is 13.5 Å². The van der Waals surface area contributed by atoms with Crippen molar-refractivity contribution < 1.29 is 22.4 Å². The first-order valence-corrected chi connectivity index (χ1v) is 5.70. The van der Waals surface area contributed by atoms with Gasteiger partial charge in [0.2, 0.25) is 0 Å². The van der Waals surface area contributed by atoms with Gasteiger partial charge in [-0.1, -0.05) is 18.2 Å². The van der Waals surface area contributed by atoms with Crippen LogP contribution in [0.25, 0.3) is 0 Å². The lowest BCUT2D eigenvalue weighted by Crippen LogP contribution is -2.26. The quantitative estimate of drug-likeness (QED) is 0.754. The lowest BCUT2D eigenvalue weighted by molar-refractivity contribution is 0.313. The van der Waals surface area contributed by atoms with Crippen molar-refractivity contribution in [3.05, 3.63) is 54.6 Å². The smallest absolute Gasteiger partial charge is 0.515 e. The van der Waals surface area contributed by atoms with Crippen LogP contribution >= 0.6 is 0 Å². The highest BCUT2D eigenvalue weighted by Gasteiger charge is 2.24. The molecular weight excluding hydrogens is 256 g/mol. The zero-order chi connectivity index (χ0) is 13.7. The van der Waals surface area contributed by atoms with Gasteiger partial charge in [0, 0.05) is 0 Å². The van der Waals surface area contributed by atoms with Crippen molar-refractivity contribution in [2.24, 2.45) is 0 Å². The Labute approximate surface area is 108 Å². The summed E-state index contributed by atoms with van der Waals surface area (Å²) in [5, 5.41) is 0. The highest BCUT2D eigenvalue weighted by atomic mass is 19.4. The Kier molecular flexibility index (Phi) is 3.99. The molecule has 0 N–H and O–H groups in total. The molecule has 0 fully saturated rings. The van der Waals surface area contributed by atoms with E-state index in [1.54, 1.807) is 24.3 Å². The van der Waals surface area contributed by atoms with E-state index in [9.17, 15) is 12.9 Å². The molecular formula is C13H11BF3O2-. The van der Waals surface area contributed by atoms with E-state index in [0.717, 1.165) is 0 Å². The zero-order valence-corrected chi connectivity index (χ0v) is 9.93. The largest absolute Gasteiger partial charge is 0.522 e. The highest BCUT2D eigenvalue weighted by Crippen LogP contribution is 2.24. The standard InChI is InChI=1S/C13H11BF3O2/c15-14(16,17)10-18-11-6-8-13(9-7-11)19-12-4-2-1-3-5-12/h1-9H,10H2/q-1. The van der Waals surface area contributed by atoms with E-state index < -0.39 is 13.5 Å². The second-order valence-corrected chi connectivity index (χ2v) is 3.91. The molecule has 2 rings (SSSR count). The number of hydrogen-bond acceptors (Lipinski definition) is 2. The lowest BCUT2D eigenvalue weighted by atomic mass is 9.95. The number of hydrogen-bond donors (Lipinski definition) is 0. The van der Waals surface area contributed by atoms with Crippen LogP contribution in [0.5, 0.6) is 17.2 Å². The van der Waals surface area contributed by atoms with Gasteiger partial charge in [-0.25, -0.2) is 0 Å². The van der Waals surface area contributed by atoms with Crippen molar-refractivity contribution in [3.8, 4) is 17.2 Å². The maximum Gasteiger partial charge on any atom is 0.515 e. The third kappa shape index (κ3) is 4.58. The maximum absolute atomic E-state index is 12.0. The number of benzene rings is 2. The van der Waals surface area contributed by atoms with Crippen molar-refractivity contribution in [2.75, 3.05) is 6.51 Å². The predicted octanol–water partition coefficient (Wildman–Crippen LogP) is 4.24. The minimum Gasteiger partial charge on any atom is -0.522 e. The molecule has 0 saturated heterocycles. The number of halogens is 3.